The van der Waals surface area contributed by atoms with Gasteiger partial charge in [0.25, 0.3) is 5.91 Å². The van der Waals surface area contributed by atoms with Crippen LogP contribution in [0.15, 0.2) is 30.0 Å². The summed E-state index contributed by atoms with van der Waals surface area (Å²) in [5.74, 6) is -1.81. The third kappa shape index (κ3) is 5.39. The fourth-order valence-electron chi connectivity index (χ4n) is 2.74. The van der Waals surface area contributed by atoms with Gasteiger partial charge in [-0.3, -0.25) is 9.59 Å². The van der Waals surface area contributed by atoms with Crippen LogP contribution in [0.1, 0.15) is 11.1 Å². The summed E-state index contributed by atoms with van der Waals surface area (Å²) in [6.07, 6.45) is 1.51. The molecule has 0 atom stereocenters. The number of carboxylic acid groups (broad SMARTS) is 1. The molecule has 140 valence electrons. The van der Waals surface area contributed by atoms with E-state index in [1.54, 1.807) is 0 Å². The van der Waals surface area contributed by atoms with Crippen LogP contribution >= 0.6 is 12.4 Å². The Balaban J connectivity index is 0.00000338. The van der Waals surface area contributed by atoms with Crippen molar-refractivity contribution in [1.29, 1.82) is 5.26 Å². The van der Waals surface area contributed by atoms with Crippen LogP contribution in [0.3, 0.4) is 0 Å². The molecule has 1 amide bonds. The summed E-state index contributed by atoms with van der Waals surface area (Å²) in [6.45, 7) is 6.64. The van der Waals surface area contributed by atoms with Crippen molar-refractivity contribution >= 4 is 30.0 Å². The predicted octanol–water partition coefficient (Wildman–Crippen LogP) is 1.46. The molecule has 0 spiro atoms. The topological polar surface area (TPSA) is 96.7 Å². The number of nitrogens with zero attached hydrogens (tertiary/aromatic N) is 3. The van der Waals surface area contributed by atoms with Gasteiger partial charge < -0.3 is 20.2 Å². The van der Waals surface area contributed by atoms with Gasteiger partial charge in [0.05, 0.1) is 0 Å². The molecular formula is C18H23ClN4O3. The highest BCUT2D eigenvalue weighted by Crippen LogP contribution is 2.23. The smallest absolute Gasteiger partial charge is 0.322 e. The molecule has 1 aliphatic heterocycles. The Morgan fingerprint density at radius 2 is 1.92 bits per heavy atom. The lowest BCUT2D eigenvalue weighted by molar-refractivity contribution is -0.137. The summed E-state index contributed by atoms with van der Waals surface area (Å²) in [6, 6.07) is 8.07. The number of anilines is 1. The number of carbonyl (C=O) groups is 2. The molecule has 0 unspecified atom stereocenters. The minimum absolute atomic E-state index is 0. The molecule has 1 aromatic carbocycles. The second-order valence-electron chi connectivity index (χ2n) is 5.97. The Kier molecular flexibility index (Phi) is 7.94. The first kappa shape index (κ1) is 21.3. The second-order valence-corrected chi connectivity index (χ2v) is 5.97. The SMILES string of the molecule is Cc1cccc(N2CCN(/C=C(/C#N)C(=O)NCC(=O)O)CC2)c1C.Cl. The van der Waals surface area contributed by atoms with Crippen molar-refractivity contribution in [2.45, 2.75) is 13.8 Å². The highest BCUT2D eigenvalue weighted by Gasteiger charge is 2.19. The predicted molar refractivity (Wildman–Crippen MR) is 101 cm³/mol. The van der Waals surface area contributed by atoms with Gasteiger partial charge in [0.2, 0.25) is 0 Å². The molecule has 1 aromatic rings. The summed E-state index contributed by atoms with van der Waals surface area (Å²) in [4.78, 5) is 26.5. The van der Waals surface area contributed by atoms with Gasteiger partial charge in [-0.05, 0) is 31.0 Å². The van der Waals surface area contributed by atoms with E-state index in [0.29, 0.717) is 13.1 Å². The lowest BCUT2D eigenvalue weighted by Gasteiger charge is -2.36. The molecule has 1 saturated heterocycles. The number of carbonyl (C=O) groups excluding carboxylic acids is 1. The monoisotopic (exact) mass is 378 g/mol. The van der Waals surface area contributed by atoms with Gasteiger partial charge in [-0.1, -0.05) is 12.1 Å². The number of aryl methyl sites for hydroxylation is 1. The number of nitrogens with one attached hydrogen (secondary N) is 1. The van der Waals surface area contributed by atoms with Crippen LogP contribution in [-0.4, -0.2) is 54.6 Å². The van der Waals surface area contributed by atoms with E-state index >= 15 is 0 Å². The van der Waals surface area contributed by atoms with Crippen molar-refractivity contribution in [3.8, 4) is 6.07 Å². The summed E-state index contributed by atoms with van der Waals surface area (Å²) < 4.78 is 0. The molecule has 2 rings (SSSR count). The number of amides is 1. The quantitative estimate of drug-likeness (QED) is 0.594. The van der Waals surface area contributed by atoms with E-state index in [9.17, 15) is 9.59 Å². The van der Waals surface area contributed by atoms with Crippen molar-refractivity contribution in [3.63, 3.8) is 0 Å². The summed E-state index contributed by atoms with van der Waals surface area (Å²) in [7, 11) is 0. The Morgan fingerprint density at radius 1 is 1.27 bits per heavy atom. The number of rotatable bonds is 5. The van der Waals surface area contributed by atoms with Crippen molar-refractivity contribution in [2.75, 3.05) is 37.6 Å². The molecule has 8 heteroatoms. The zero-order chi connectivity index (χ0) is 18.4. The fourth-order valence-corrected chi connectivity index (χ4v) is 2.74. The van der Waals surface area contributed by atoms with Gasteiger partial charge in [-0.25, -0.2) is 0 Å². The highest BCUT2D eigenvalue weighted by molar-refractivity contribution is 5.98. The standard InChI is InChI=1S/C18H22N4O3.ClH/c1-13-4-3-5-16(14(13)2)22-8-6-21(7-9-22)12-15(10-19)18(25)20-11-17(23)24;/h3-5,12H,6-9,11H2,1-2H3,(H,20,25)(H,23,24);1H/b15-12-;. The second kappa shape index (κ2) is 9.68. The Labute approximate surface area is 159 Å². The van der Waals surface area contributed by atoms with Crippen LogP contribution in [-0.2, 0) is 9.59 Å². The third-order valence-electron chi connectivity index (χ3n) is 4.31. The van der Waals surface area contributed by atoms with Crippen LogP contribution in [0.25, 0.3) is 0 Å². The maximum absolute atomic E-state index is 11.8. The van der Waals surface area contributed by atoms with E-state index in [4.69, 9.17) is 10.4 Å². The van der Waals surface area contributed by atoms with Crippen LogP contribution < -0.4 is 10.2 Å². The molecule has 0 radical (unpaired) electrons. The Morgan fingerprint density at radius 3 is 2.50 bits per heavy atom. The normalized spacial score (nSPS) is 14.3. The average molecular weight is 379 g/mol. The van der Waals surface area contributed by atoms with E-state index in [2.05, 4.69) is 36.2 Å². The number of nitriles is 1. The first-order chi connectivity index (χ1) is 11.9. The van der Waals surface area contributed by atoms with Crippen LogP contribution in [0.5, 0.6) is 0 Å². The summed E-state index contributed by atoms with van der Waals surface area (Å²) >= 11 is 0. The number of carboxylic acids is 1. The molecule has 1 heterocycles. The Bertz CT molecular complexity index is 734. The van der Waals surface area contributed by atoms with Gasteiger partial charge in [-0.2, -0.15) is 5.26 Å². The average Bonchev–Trinajstić information content (AvgIpc) is 2.60. The lowest BCUT2D eigenvalue weighted by Crippen LogP contribution is -2.44. The largest absolute Gasteiger partial charge is 0.480 e. The summed E-state index contributed by atoms with van der Waals surface area (Å²) in [5, 5.41) is 19.9. The van der Waals surface area contributed by atoms with Crippen molar-refractivity contribution < 1.29 is 14.7 Å². The molecule has 26 heavy (non-hydrogen) atoms. The molecule has 0 aromatic heterocycles. The molecule has 0 bridgehead atoms. The van der Waals surface area contributed by atoms with Crippen LogP contribution in [0.2, 0.25) is 0 Å². The third-order valence-corrected chi connectivity index (χ3v) is 4.31. The van der Waals surface area contributed by atoms with Crippen molar-refractivity contribution in [3.05, 3.63) is 41.1 Å². The highest BCUT2D eigenvalue weighted by atomic mass is 35.5. The molecular weight excluding hydrogens is 356 g/mol. The van der Waals surface area contributed by atoms with Gasteiger partial charge in [0.1, 0.15) is 18.2 Å². The van der Waals surface area contributed by atoms with Crippen LogP contribution in [0, 0.1) is 25.2 Å². The van der Waals surface area contributed by atoms with E-state index < -0.39 is 18.4 Å². The van der Waals surface area contributed by atoms with Crippen molar-refractivity contribution in [1.82, 2.24) is 10.2 Å². The first-order valence-corrected chi connectivity index (χ1v) is 8.09. The number of aliphatic carboxylic acids is 1. The lowest BCUT2D eigenvalue weighted by atomic mass is 10.1. The van der Waals surface area contributed by atoms with E-state index in [-0.39, 0.29) is 18.0 Å². The number of halogens is 1. The van der Waals surface area contributed by atoms with Gasteiger partial charge in [-0.15, -0.1) is 12.4 Å². The van der Waals surface area contributed by atoms with E-state index in [1.165, 1.54) is 23.0 Å². The maximum Gasteiger partial charge on any atom is 0.322 e. The molecule has 0 saturated carbocycles. The first-order valence-electron chi connectivity index (χ1n) is 8.09. The zero-order valence-electron chi connectivity index (χ0n) is 14.9. The van der Waals surface area contributed by atoms with E-state index in [0.717, 1.165) is 13.1 Å². The Hall–Kier alpha value is -2.72. The maximum atomic E-state index is 11.8. The molecule has 2 N–H and O–H groups in total. The molecule has 0 aliphatic carbocycles. The minimum atomic E-state index is -1.15. The zero-order valence-corrected chi connectivity index (χ0v) is 15.7. The molecule has 1 aliphatic rings. The number of hydrogen-bond donors (Lipinski definition) is 2. The fraction of sp³-hybridized carbons (Fsp3) is 0.389. The van der Waals surface area contributed by atoms with Crippen molar-refractivity contribution in [2.24, 2.45) is 0 Å². The number of benzene rings is 1. The number of piperazine rings is 1. The van der Waals surface area contributed by atoms with Gasteiger partial charge >= 0.3 is 5.97 Å². The summed E-state index contributed by atoms with van der Waals surface area (Å²) in [5.41, 5.74) is 3.64. The minimum Gasteiger partial charge on any atom is -0.480 e. The van der Waals surface area contributed by atoms with Gasteiger partial charge in [0.15, 0.2) is 0 Å². The van der Waals surface area contributed by atoms with Gasteiger partial charge in [0, 0.05) is 38.1 Å². The molecule has 7 nitrogen and oxygen atoms in total. The number of hydrogen-bond acceptors (Lipinski definition) is 5. The molecule has 1 fully saturated rings. The van der Waals surface area contributed by atoms with E-state index in [1.807, 2.05) is 17.0 Å². The van der Waals surface area contributed by atoms with Crippen LogP contribution in [0.4, 0.5) is 5.69 Å².